The largest absolute Gasteiger partial charge is 0.462 e. The molecular formula is C16H28O6. The van der Waals surface area contributed by atoms with E-state index in [1.807, 2.05) is 6.92 Å². The first-order chi connectivity index (χ1) is 10.1. The Balaban J connectivity index is 0. The van der Waals surface area contributed by atoms with E-state index in [0.717, 1.165) is 0 Å². The van der Waals surface area contributed by atoms with Gasteiger partial charge in [0, 0.05) is 23.7 Å². The summed E-state index contributed by atoms with van der Waals surface area (Å²) in [7, 11) is 0. The van der Waals surface area contributed by atoms with E-state index in [1.165, 1.54) is 0 Å². The number of hydrogen-bond acceptors (Lipinski definition) is 6. The molecular weight excluding hydrogens is 288 g/mol. The van der Waals surface area contributed by atoms with Crippen molar-refractivity contribution < 1.29 is 29.3 Å². The van der Waals surface area contributed by atoms with E-state index in [-0.39, 0.29) is 25.7 Å². The highest BCUT2D eigenvalue weighted by Gasteiger charge is 2.07. The number of aliphatic hydroxyl groups excluding tert-OH is 2. The van der Waals surface area contributed by atoms with E-state index in [4.69, 9.17) is 14.9 Å². The average molecular weight is 316 g/mol. The summed E-state index contributed by atoms with van der Waals surface area (Å²) in [6, 6.07) is 0. The summed E-state index contributed by atoms with van der Waals surface area (Å²) in [5.41, 5.74) is 0.739. The number of aliphatic hydroxyl groups is 2. The monoisotopic (exact) mass is 316 g/mol. The summed E-state index contributed by atoms with van der Waals surface area (Å²) in [5, 5.41) is 17.6. The fraction of sp³-hybridized carbons (Fsp3) is 0.625. The lowest BCUT2D eigenvalue weighted by Gasteiger charge is -2.08. The van der Waals surface area contributed by atoms with Gasteiger partial charge in [-0.3, -0.25) is 0 Å². The summed E-state index contributed by atoms with van der Waals surface area (Å²) in [6.45, 7) is 13.9. The van der Waals surface area contributed by atoms with Crippen LogP contribution in [0.4, 0.5) is 0 Å². The zero-order valence-electron chi connectivity index (χ0n) is 13.9. The number of carbonyl (C=O) groups is 2. The highest BCUT2D eigenvalue weighted by Crippen LogP contribution is 1.98. The van der Waals surface area contributed by atoms with Crippen molar-refractivity contribution in [3.63, 3.8) is 0 Å². The lowest BCUT2D eigenvalue weighted by Crippen LogP contribution is -2.17. The molecule has 0 radical (unpaired) electrons. The number of carbonyl (C=O) groups excluding carboxylic acids is 2. The highest BCUT2D eigenvalue weighted by molar-refractivity contribution is 5.87. The van der Waals surface area contributed by atoms with Crippen LogP contribution >= 0.6 is 0 Å². The van der Waals surface area contributed by atoms with E-state index in [0.29, 0.717) is 17.6 Å². The smallest absolute Gasteiger partial charge is 0.333 e. The van der Waals surface area contributed by atoms with Gasteiger partial charge in [0.1, 0.15) is 6.61 Å². The van der Waals surface area contributed by atoms with Crippen molar-refractivity contribution in [2.45, 2.75) is 40.2 Å². The molecule has 128 valence electrons. The molecule has 0 aliphatic rings. The molecule has 0 spiro atoms. The Morgan fingerprint density at radius 2 is 1.45 bits per heavy atom. The van der Waals surface area contributed by atoms with Crippen LogP contribution in [-0.2, 0) is 19.1 Å². The maximum Gasteiger partial charge on any atom is 0.333 e. The van der Waals surface area contributed by atoms with Crippen molar-refractivity contribution >= 4 is 11.9 Å². The Labute approximate surface area is 132 Å². The van der Waals surface area contributed by atoms with Crippen LogP contribution in [0.3, 0.4) is 0 Å². The molecule has 0 amide bonds. The van der Waals surface area contributed by atoms with Gasteiger partial charge in [-0.2, -0.15) is 0 Å². The van der Waals surface area contributed by atoms with Crippen LogP contribution in [0.5, 0.6) is 0 Å². The Hall–Kier alpha value is -1.66. The van der Waals surface area contributed by atoms with Crippen LogP contribution in [-0.4, -0.2) is 48.1 Å². The first-order valence-corrected chi connectivity index (χ1v) is 7.09. The van der Waals surface area contributed by atoms with Gasteiger partial charge in [0.25, 0.3) is 0 Å². The SMILES string of the molecule is C=C(C)C(=O)OCC(C)CO.C=C(C)C(=O)OCC(O)CC. The van der Waals surface area contributed by atoms with Crippen molar-refractivity contribution in [3.05, 3.63) is 24.3 Å². The van der Waals surface area contributed by atoms with E-state index in [9.17, 15) is 9.59 Å². The molecule has 0 bridgehead atoms. The molecule has 0 aliphatic heterocycles. The number of hydrogen-bond donors (Lipinski definition) is 2. The summed E-state index contributed by atoms with van der Waals surface area (Å²) >= 11 is 0. The standard InChI is InChI=1S/2C8H14O3/c1-6(2)8(10)11-5-7(3)4-9;1-4-7(9)5-11-8(10)6(2)3/h7,9H,1,4-5H2,2-3H3;7,9H,2,4-5H2,1,3H3. The topological polar surface area (TPSA) is 93.1 Å². The van der Waals surface area contributed by atoms with Gasteiger partial charge in [-0.05, 0) is 20.3 Å². The Kier molecular flexibility index (Phi) is 13.4. The summed E-state index contributed by atoms with van der Waals surface area (Å²) in [6.07, 6.45) is 0.0296. The first kappa shape index (κ1) is 22.6. The lowest BCUT2D eigenvalue weighted by molar-refractivity contribution is -0.142. The van der Waals surface area contributed by atoms with Gasteiger partial charge in [-0.15, -0.1) is 0 Å². The van der Waals surface area contributed by atoms with Crippen LogP contribution in [0.2, 0.25) is 0 Å². The predicted octanol–water partition coefficient (Wildman–Crippen LogP) is 1.61. The third kappa shape index (κ3) is 13.3. The maximum absolute atomic E-state index is 10.8. The van der Waals surface area contributed by atoms with Gasteiger partial charge in [0.15, 0.2) is 0 Å². The van der Waals surface area contributed by atoms with Crippen molar-refractivity contribution in [1.82, 2.24) is 0 Å². The fourth-order valence-electron chi connectivity index (χ4n) is 0.807. The highest BCUT2D eigenvalue weighted by atomic mass is 16.5. The van der Waals surface area contributed by atoms with Crippen molar-refractivity contribution in [2.75, 3.05) is 19.8 Å². The predicted molar refractivity (Wildman–Crippen MR) is 84.1 cm³/mol. The molecule has 0 fully saturated rings. The molecule has 0 aliphatic carbocycles. The van der Waals surface area contributed by atoms with Crippen molar-refractivity contribution in [3.8, 4) is 0 Å². The van der Waals surface area contributed by atoms with Gasteiger partial charge < -0.3 is 19.7 Å². The van der Waals surface area contributed by atoms with Crippen LogP contribution in [0, 0.1) is 5.92 Å². The number of rotatable bonds is 8. The van der Waals surface area contributed by atoms with Crippen LogP contribution in [0.1, 0.15) is 34.1 Å². The summed E-state index contributed by atoms with van der Waals surface area (Å²) in [4.78, 5) is 21.5. The molecule has 22 heavy (non-hydrogen) atoms. The third-order valence-corrected chi connectivity index (χ3v) is 2.39. The lowest BCUT2D eigenvalue weighted by atomic mass is 10.2. The first-order valence-electron chi connectivity index (χ1n) is 7.09. The van der Waals surface area contributed by atoms with Gasteiger partial charge in [-0.25, -0.2) is 9.59 Å². The third-order valence-electron chi connectivity index (χ3n) is 2.39. The Bertz CT molecular complexity index is 339. The van der Waals surface area contributed by atoms with E-state index in [1.54, 1.807) is 20.8 Å². The van der Waals surface area contributed by atoms with Gasteiger partial charge >= 0.3 is 11.9 Å². The van der Waals surface area contributed by atoms with Crippen LogP contribution < -0.4 is 0 Å². The Morgan fingerprint density at radius 1 is 1.05 bits per heavy atom. The van der Waals surface area contributed by atoms with Crippen molar-refractivity contribution in [1.29, 1.82) is 0 Å². The molecule has 6 heteroatoms. The molecule has 6 nitrogen and oxygen atoms in total. The molecule has 0 saturated heterocycles. The quantitative estimate of drug-likeness (QED) is 0.522. The fourth-order valence-corrected chi connectivity index (χ4v) is 0.807. The minimum absolute atomic E-state index is 0.00157. The van der Waals surface area contributed by atoms with Gasteiger partial charge in [0.05, 0.1) is 12.7 Å². The number of esters is 2. The molecule has 2 unspecified atom stereocenters. The van der Waals surface area contributed by atoms with Gasteiger partial charge in [-0.1, -0.05) is 27.0 Å². The minimum atomic E-state index is -0.557. The van der Waals surface area contributed by atoms with Crippen LogP contribution in [0.15, 0.2) is 24.3 Å². The number of ether oxygens (including phenoxy) is 2. The summed E-state index contributed by atoms with van der Waals surface area (Å²) < 4.78 is 9.43. The molecule has 0 rings (SSSR count). The molecule has 0 saturated carbocycles. The van der Waals surface area contributed by atoms with E-state index < -0.39 is 18.0 Å². The van der Waals surface area contributed by atoms with E-state index in [2.05, 4.69) is 17.9 Å². The van der Waals surface area contributed by atoms with Crippen LogP contribution in [0.25, 0.3) is 0 Å². The zero-order valence-corrected chi connectivity index (χ0v) is 13.9. The minimum Gasteiger partial charge on any atom is -0.462 e. The maximum atomic E-state index is 10.8. The van der Waals surface area contributed by atoms with Crippen molar-refractivity contribution in [2.24, 2.45) is 5.92 Å². The molecule has 2 N–H and O–H groups in total. The average Bonchev–Trinajstić information content (AvgIpc) is 2.49. The second kappa shape index (κ2) is 13.0. The Morgan fingerprint density at radius 3 is 1.77 bits per heavy atom. The second-order valence-electron chi connectivity index (χ2n) is 5.11. The van der Waals surface area contributed by atoms with E-state index >= 15 is 0 Å². The zero-order chi connectivity index (χ0) is 17.7. The summed E-state index contributed by atoms with van der Waals surface area (Å²) in [5.74, 6) is -0.846. The molecule has 0 aromatic rings. The molecule has 0 aromatic carbocycles. The molecule has 2 atom stereocenters. The molecule has 0 heterocycles. The second-order valence-corrected chi connectivity index (χ2v) is 5.11. The van der Waals surface area contributed by atoms with Gasteiger partial charge in [0.2, 0.25) is 0 Å². The normalized spacial score (nSPS) is 12.3. The molecule has 0 aromatic heterocycles.